The quantitative estimate of drug-likeness (QED) is 0.431. The summed E-state index contributed by atoms with van der Waals surface area (Å²) in [7, 11) is 0. The van der Waals surface area contributed by atoms with Crippen molar-refractivity contribution in [3.8, 4) is 16.9 Å². The summed E-state index contributed by atoms with van der Waals surface area (Å²) in [5, 5.41) is 5.33. The molecule has 0 radical (unpaired) electrons. The van der Waals surface area contributed by atoms with Crippen LogP contribution in [0.25, 0.3) is 28.0 Å². The maximum absolute atomic E-state index is 13.7. The monoisotopic (exact) mass is 474 g/mol. The van der Waals surface area contributed by atoms with Gasteiger partial charge in [-0.2, -0.15) is 4.98 Å². The van der Waals surface area contributed by atoms with Crippen molar-refractivity contribution in [1.29, 1.82) is 0 Å². The summed E-state index contributed by atoms with van der Waals surface area (Å²) in [5.74, 6) is 0.317. The highest BCUT2D eigenvalue weighted by molar-refractivity contribution is 5.99. The number of nitrogens with two attached hydrogens (primary N) is 1. The van der Waals surface area contributed by atoms with Crippen molar-refractivity contribution in [2.75, 3.05) is 30.3 Å². The van der Waals surface area contributed by atoms with Gasteiger partial charge in [0.2, 0.25) is 5.95 Å². The molecule has 0 amide bonds. The van der Waals surface area contributed by atoms with E-state index in [1.807, 2.05) is 43.0 Å². The van der Waals surface area contributed by atoms with Crippen LogP contribution in [0.1, 0.15) is 25.3 Å². The second-order valence-corrected chi connectivity index (χ2v) is 8.73. The SMILES string of the molecule is CCOC(=O)C1CCN(c2nc(-c3ccc(F)cc3)c3c(N)n(-c4cccc(C)c4)nc3n2)CC1. The minimum absolute atomic E-state index is 0.123. The number of nitrogens with zero attached hydrogens (tertiary/aromatic N) is 5. The Morgan fingerprint density at radius 2 is 1.89 bits per heavy atom. The van der Waals surface area contributed by atoms with E-state index in [1.54, 1.807) is 16.8 Å². The number of aromatic nitrogens is 4. The Morgan fingerprint density at radius 1 is 1.14 bits per heavy atom. The second-order valence-electron chi connectivity index (χ2n) is 8.73. The lowest BCUT2D eigenvalue weighted by Crippen LogP contribution is -2.38. The minimum atomic E-state index is -0.330. The molecule has 1 aliphatic rings. The molecule has 1 fully saturated rings. The summed E-state index contributed by atoms with van der Waals surface area (Å²) in [6, 6.07) is 14.0. The summed E-state index contributed by atoms with van der Waals surface area (Å²) in [6.07, 6.45) is 1.32. The molecule has 2 aromatic carbocycles. The molecule has 0 unspecified atom stereocenters. The first-order chi connectivity index (χ1) is 16.9. The third-order valence-electron chi connectivity index (χ3n) is 6.32. The number of ether oxygens (including phenoxy) is 1. The number of nitrogen functional groups attached to an aromatic ring is 1. The number of hydrogen-bond acceptors (Lipinski definition) is 7. The maximum Gasteiger partial charge on any atom is 0.309 e. The summed E-state index contributed by atoms with van der Waals surface area (Å²) in [5.41, 5.74) is 10.3. The smallest absolute Gasteiger partial charge is 0.309 e. The fraction of sp³-hybridized carbons (Fsp3) is 0.308. The van der Waals surface area contributed by atoms with Crippen molar-refractivity contribution in [1.82, 2.24) is 19.7 Å². The Balaban J connectivity index is 1.58. The summed E-state index contributed by atoms with van der Waals surface area (Å²) in [6.45, 7) is 5.43. The van der Waals surface area contributed by atoms with Gasteiger partial charge < -0.3 is 15.4 Å². The lowest BCUT2D eigenvalue weighted by molar-refractivity contribution is -0.148. The highest BCUT2D eigenvalue weighted by Gasteiger charge is 2.28. The van der Waals surface area contributed by atoms with Crippen LogP contribution in [0.2, 0.25) is 0 Å². The molecule has 8 nitrogen and oxygen atoms in total. The fourth-order valence-corrected chi connectivity index (χ4v) is 4.49. The van der Waals surface area contributed by atoms with Crippen LogP contribution in [0.15, 0.2) is 48.5 Å². The number of halogens is 1. The van der Waals surface area contributed by atoms with E-state index in [2.05, 4.69) is 0 Å². The molecule has 35 heavy (non-hydrogen) atoms. The average molecular weight is 475 g/mol. The number of piperidine rings is 1. The van der Waals surface area contributed by atoms with Crippen LogP contribution in [-0.2, 0) is 9.53 Å². The van der Waals surface area contributed by atoms with Gasteiger partial charge in [0.1, 0.15) is 11.6 Å². The minimum Gasteiger partial charge on any atom is -0.466 e. The molecule has 9 heteroatoms. The van der Waals surface area contributed by atoms with Gasteiger partial charge in [0.25, 0.3) is 0 Å². The van der Waals surface area contributed by atoms with E-state index in [-0.39, 0.29) is 17.7 Å². The van der Waals surface area contributed by atoms with Gasteiger partial charge in [-0.25, -0.2) is 14.1 Å². The zero-order chi connectivity index (χ0) is 24.5. The molecule has 3 heterocycles. The van der Waals surface area contributed by atoms with Crippen molar-refractivity contribution in [3.63, 3.8) is 0 Å². The van der Waals surface area contributed by atoms with Gasteiger partial charge in [0.15, 0.2) is 5.65 Å². The number of hydrogen-bond donors (Lipinski definition) is 1. The van der Waals surface area contributed by atoms with Crippen LogP contribution >= 0.6 is 0 Å². The van der Waals surface area contributed by atoms with Crippen LogP contribution in [0, 0.1) is 18.7 Å². The average Bonchev–Trinajstić information content (AvgIpc) is 3.20. The second kappa shape index (κ2) is 9.32. The topological polar surface area (TPSA) is 99.2 Å². The molecule has 4 aromatic rings. The lowest BCUT2D eigenvalue weighted by Gasteiger charge is -2.31. The van der Waals surface area contributed by atoms with Gasteiger partial charge in [-0.3, -0.25) is 4.79 Å². The van der Waals surface area contributed by atoms with Crippen LogP contribution in [0.4, 0.5) is 16.2 Å². The Kier molecular flexibility index (Phi) is 6.07. The van der Waals surface area contributed by atoms with E-state index in [4.69, 9.17) is 25.5 Å². The van der Waals surface area contributed by atoms with Crippen molar-refractivity contribution in [3.05, 3.63) is 59.9 Å². The Morgan fingerprint density at radius 3 is 2.57 bits per heavy atom. The molecule has 1 saturated heterocycles. The molecule has 2 N–H and O–H groups in total. The third kappa shape index (κ3) is 4.41. The van der Waals surface area contributed by atoms with Crippen LogP contribution in [0.5, 0.6) is 0 Å². The van der Waals surface area contributed by atoms with Crippen molar-refractivity contribution < 1.29 is 13.9 Å². The van der Waals surface area contributed by atoms with Gasteiger partial charge >= 0.3 is 5.97 Å². The van der Waals surface area contributed by atoms with Gasteiger partial charge in [0.05, 0.1) is 29.3 Å². The van der Waals surface area contributed by atoms with Crippen LogP contribution in [0.3, 0.4) is 0 Å². The first kappa shape index (κ1) is 22.8. The fourth-order valence-electron chi connectivity index (χ4n) is 4.49. The highest BCUT2D eigenvalue weighted by atomic mass is 19.1. The Hall–Kier alpha value is -4.01. The number of anilines is 2. The van der Waals surface area contributed by atoms with Crippen LogP contribution in [-0.4, -0.2) is 45.4 Å². The predicted octanol–water partition coefficient (Wildman–Crippen LogP) is 4.29. The normalized spacial score (nSPS) is 14.4. The first-order valence-electron chi connectivity index (χ1n) is 11.8. The molecule has 0 aliphatic carbocycles. The number of aryl methyl sites for hydroxylation is 1. The van der Waals surface area contributed by atoms with Crippen LogP contribution < -0.4 is 10.6 Å². The van der Waals surface area contributed by atoms with Gasteiger partial charge in [-0.05, 0) is 68.7 Å². The standard InChI is InChI=1S/C26H27FN6O2/c1-3-35-25(34)18-11-13-32(14-12-18)26-29-22(17-7-9-19(27)10-8-17)21-23(28)33(31-24(21)30-26)20-6-4-5-16(2)15-20/h4-10,15,18H,3,11-14,28H2,1-2H3. The Bertz CT molecular complexity index is 1380. The van der Waals surface area contributed by atoms with E-state index in [0.717, 1.165) is 16.8 Å². The first-order valence-corrected chi connectivity index (χ1v) is 11.8. The molecular weight excluding hydrogens is 447 g/mol. The van der Waals surface area contributed by atoms with Crippen molar-refractivity contribution >= 4 is 28.8 Å². The molecule has 5 rings (SSSR count). The van der Waals surface area contributed by atoms with E-state index in [9.17, 15) is 9.18 Å². The largest absolute Gasteiger partial charge is 0.466 e. The summed E-state index contributed by atoms with van der Waals surface area (Å²) < 4.78 is 20.5. The van der Waals surface area contributed by atoms with Crippen molar-refractivity contribution in [2.45, 2.75) is 26.7 Å². The summed E-state index contributed by atoms with van der Waals surface area (Å²) in [4.78, 5) is 23.8. The third-order valence-corrected chi connectivity index (χ3v) is 6.32. The Labute approximate surface area is 202 Å². The number of benzene rings is 2. The van der Waals surface area contributed by atoms with E-state index in [1.165, 1.54) is 12.1 Å². The van der Waals surface area contributed by atoms with E-state index < -0.39 is 0 Å². The number of fused-ring (bicyclic) bond motifs is 1. The van der Waals surface area contributed by atoms with Crippen molar-refractivity contribution in [2.24, 2.45) is 5.92 Å². The molecule has 0 bridgehead atoms. The van der Waals surface area contributed by atoms with Gasteiger partial charge in [-0.15, -0.1) is 5.10 Å². The molecule has 1 aliphatic heterocycles. The number of rotatable bonds is 5. The molecule has 0 spiro atoms. The summed E-state index contributed by atoms with van der Waals surface area (Å²) >= 11 is 0. The molecule has 180 valence electrons. The zero-order valence-corrected chi connectivity index (χ0v) is 19.7. The highest BCUT2D eigenvalue weighted by Crippen LogP contribution is 2.34. The molecule has 2 aromatic heterocycles. The number of carbonyl (C=O) groups excluding carboxylic acids is 1. The lowest BCUT2D eigenvalue weighted by atomic mass is 9.97. The predicted molar refractivity (Wildman–Crippen MR) is 133 cm³/mol. The van der Waals surface area contributed by atoms with Gasteiger partial charge in [-0.1, -0.05) is 12.1 Å². The molecular formula is C26H27FN6O2. The van der Waals surface area contributed by atoms with E-state index in [0.29, 0.717) is 61.0 Å². The number of carbonyl (C=O) groups is 1. The zero-order valence-electron chi connectivity index (χ0n) is 19.7. The number of esters is 1. The molecule has 0 atom stereocenters. The van der Waals surface area contributed by atoms with E-state index >= 15 is 0 Å². The maximum atomic E-state index is 13.7. The van der Waals surface area contributed by atoms with Gasteiger partial charge in [0, 0.05) is 18.7 Å². The molecule has 0 saturated carbocycles.